The highest BCUT2D eigenvalue weighted by Gasteiger charge is 2.29. The summed E-state index contributed by atoms with van der Waals surface area (Å²) < 4.78 is 13.0. The summed E-state index contributed by atoms with van der Waals surface area (Å²) in [4.78, 5) is 25.5. The molecule has 0 spiro atoms. The second-order valence-electron chi connectivity index (χ2n) is 9.81. The van der Waals surface area contributed by atoms with E-state index in [0.29, 0.717) is 21.4 Å². The van der Waals surface area contributed by atoms with Gasteiger partial charge in [0.15, 0.2) is 11.4 Å². The van der Waals surface area contributed by atoms with Crippen molar-refractivity contribution in [1.29, 1.82) is 0 Å². The minimum atomic E-state index is -0.621. The van der Waals surface area contributed by atoms with Crippen molar-refractivity contribution < 1.29 is 19.1 Å². The first kappa shape index (κ1) is 27.8. The van der Waals surface area contributed by atoms with E-state index in [9.17, 15) is 9.59 Å². The molecular formula is C27H31Cl2N5O4. The maximum absolute atomic E-state index is 13.4. The summed E-state index contributed by atoms with van der Waals surface area (Å²) in [7, 11) is 0. The molecule has 1 fully saturated rings. The number of hydrogen-bond donors (Lipinski definition) is 2. The number of halogens is 2. The van der Waals surface area contributed by atoms with Gasteiger partial charge in [-0.05, 0) is 57.9 Å². The monoisotopic (exact) mass is 559 g/mol. The number of amides is 2. The van der Waals surface area contributed by atoms with Gasteiger partial charge >= 0.3 is 6.09 Å². The predicted octanol–water partition coefficient (Wildman–Crippen LogP) is 5.49. The molecule has 9 nitrogen and oxygen atoms in total. The van der Waals surface area contributed by atoms with E-state index in [-0.39, 0.29) is 24.6 Å². The number of hydrogen-bond acceptors (Lipinski definition) is 6. The van der Waals surface area contributed by atoms with Crippen LogP contribution >= 0.6 is 23.2 Å². The molecule has 202 valence electrons. The molecule has 0 saturated carbocycles. The molecule has 0 unspecified atom stereocenters. The number of nitrogens with zero attached hydrogens (tertiary/aromatic N) is 3. The first-order chi connectivity index (χ1) is 18.1. The van der Waals surface area contributed by atoms with E-state index >= 15 is 0 Å². The van der Waals surface area contributed by atoms with Crippen LogP contribution in [0, 0.1) is 0 Å². The van der Waals surface area contributed by atoms with Crippen molar-refractivity contribution in [3.05, 3.63) is 64.3 Å². The van der Waals surface area contributed by atoms with Crippen molar-refractivity contribution in [3.63, 3.8) is 0 Å². The van der Waals surface area contributed by atoms with Crippen LogP contribution in [0.3, 0.4) is 0 Å². The quantitative estimate of drug-likeness (QED) is 0.354. The van der Waals surface area contributed by atoms with Crippen LogP contribution in [0.1, 0.15) is 44.1 Å². The molecule has 2 N–H and O–H groups in total. The lowest BCUT2D eigenvalue weighted by Crippen LogP contribution is -2.40. The number of alkyl carbamates (subject to hydrolysis) is 1. The third-order valence-electron chi connectivity index (χ3n) is 5.64. The van der Waals surface area contributed by atoms with Gasteiger partial charge in [0.25, 0.3) is 5.91 Å². The molecule has 1 aromatic heterocycles. The van der Waals surface area contributed by atoms with Gasteiger partial charge in [-0.2, -0.15) is 5.10 Å². The van der Waals surface area contributed by atoms with Crippen LogP contribution < -0.4 is 15.5 Å². The van der Waals surface area contributed by atoms with Gasteiger partial charge in [0, 0.05) is 23.7 Å². The minimum Gasteiger partial charge on any atom is -0.487 e. The summed E-state index contributed by atoms with van der Waals surface area (Å²) in [5.74, 6) is -0.141. The van der Waals surface area contributed by atoms with E-state index in [0.717, 1.165) is 31.5 Å². The molecule has 2 amide bonds. The number of carbonyl (C=O) groups excluding carboxylic acids is 2. The van der Waals surface area contributed by atoms with Crippen LogP contribution in [0.2, 0.25) is 10.0 Å². The maximum Gasteiger partial charge on any atom is 0.407 e. The third-order valence-corrected chi connectivity index (χ3v) is 6.21. The fraction of sp³-hybridized carbons (Fsp3) is 0.370. The number of benzene rings is 2. The second kappa shape index (κ2) is 12.1. The summed E-state index contributed by atoms with van der Waals surface area (Å²) in [5, 5.41) is 10.2. The Morgan fingerprint density at radius 1 is 1.03 bits per heavy atom. The normalized spacial score (nSPS) is 13.8. The maximum atomic E-state index is 13.4. The first-order valence-corrected chi connectivity index (χ1v) is 13.2. The van der Waals surface area contributed by atoms with Crippen molar-refractivity contribution in [3.8, 4) is 22.7 Å². The second-order valence-corrected chi connectivity index (χ2v) is 10.7. The summed E-state index contributed by atoms with van der Waals surface area (Å²) in [5.41, 5.74) is 4.23. The number of aromatic nitrogens is 2. The Balaban J connectivity index is 1.71. The molecule has 2 aromatic carbocycles. The van der Waals surface area contributed by atoms with Crippen LogP contribution in [0.15, 0.2) is 48.5 Å². The van der Waals surface area contributed by atoms with E-state index in [1.165, 1.54) is 0 Å². The van der Waals surface area contributed by atoms with Crippen molar-refractivity contribution in [2.75, 3.05) is 26.2 Å². The van der Waals surface area contributed by atoms with E-state index in [2.05, 4.69) is 15.8 Å². The zero-order chi connectivity index (χ0) is 27.3. The van der Waals surface area contributed by atoms with Gasteiger partial charge in [-0.25, -0.2) is 14.5 Å². The lowest BCUT2D eigenvalue weighted by Gasteiger charge is -2.19. The summed E-state index contributed by atoms with van der Waals surface area (Å²) in [6, 6.07) is 14.4. The first-order valence-electron chi connectivity index (χ1n) is 12.4. The summed E-state index contributed by atoms with van der Waals surface area (Å²) in [6.45, 7) is 7.10. The van der Waals surface area contributed by atoms with Crippen LogP contribution in [0.5, 0.6) is 5.75 Å². The fourth-order valence-electron chi connectivity index (χ4n) is 3.99. The number of para-hydroxylation sites is 1. The van der Waals surface area contributed by atoms with Gasteiger partial charge < -0.3 is 14.8 Å². The average molecular weight is 560 g/mol. The lowest BCUT2D eigenvalue weighted by molar-refractivity contribution is 0.0519. The van der Waals surface area contributed by atoms with Crippen molar-refractivity contribution in [2.24, 2.45) is 0 Å². The van der Waals surface area contributed by atoms with Crippen LogP contribution in [-0.4, -0.2) is 58.6 Å². The highest BCUT2D eigenvalue weighted by atomic mass is 35.5. The third kappa shape index (κ3) is 6.98. The Morgan fingerprint density at radius 3 is 2.37 bits per heavy atom. The van der Waals surface area contributed by atoms with Crippen molar-refractivity contribution in [1.82, 2.24) is 25.5 Å². The Kier molecular flexibility index (Phi) is 8.81. The highest BCUT2D eigenvalue weighted by Crippen LogP contribution is 2.37. The molecule has 3 aromatic rings. The van der Waals surface area contributed by atoms with Gasteiger partial charge in [0.2, 0.25) is 0 Å². The number of rotatable bonds is 8. The Morgan fingerprint density at radius 2 is 1.71 bits per heavy atom. The molecular weight excluding hydrogens is 529 g/mol. The van der Waals surface area contributed by atoms with Crippen molar-refractivity contribution in [2.45, 2.75) is 39.2 Å². The minimum absolute atomic E-state index is 0.0675. The van der Waals surface area contributed by atoms with E-state index in [1.54, 1.807) is 43.7 Å². The molecule has 1 aliphatic heterocycles. The number of hydrazine groups is 1. The topological polar surface area (TPSA) is 97.7 Å². The van der Waals surface area contributed by atoms with E-state index in [4.69, 9.17) is 32.7 Å². The molecule has 0 aliphatic carbocycles. The van der Waals surface area contributed by atoms with Gasteiger partial charge in [0.05, 0.1) is 17.3 Å². The van der Waals surface area contributed by atoms with Crippen LogP contribution in [0.4, 0.5) is 4.79 Å². The predicted molar refractivity (Wildman–Crippen MR) is 147 cm³/mol. The standard InChI is InChI=1S/C27H31Cl2N5O4/c1-27(2,3)38-26(36)30-14-17-37-24-22(25(35)32-33-15-6-7-16-33)31-34(21-9-5-4-8-20(21)29)23(24)18-10-12-19(28)13-11-18/h4-5,8-13H,6-7,14-17H2,1-3H3,(H,30,36)(H,32,35). The number of carbonyl (C=O) groups is 2. The highest BCUT2D eigenvalue weighted by molar-refractivity contribution is 6.32. The molecule has 0 bridgehead atoms. The SMILES string of the molecule is CC(C)(C)OC(=O)NCCOc1c(C(=O)NN2CCCC2)nn(-c2ccccc2Cl)c1-c1ccc(Cl)cc1. The molecule has 4 rings (SSSR count). The molecule has 0 atom stereocenters. The number of nitrogens with one attached hydrogen (secondary N) is 2. The van der Waals surface area contributed by atoms with Gasteiger partial charge in [-0.3, -0.25) is 10.2 Å². The van der Waals surface area contributed by atoms with Crippen LogP contribution in [-0.2, 0) is 4.74 Å². The van der Waals surface area contributed by atoms with Gasteiger partial charge in [0.1, 0.15) is 17.9 Å². The largest absolute Gasteiger partial charge is 0.487 e. The van der Waals surface area contributed by atoms with E-state index in [1.807, 2.05) is 35.3 Å². The summed E-state index contributed by atoms with van der Waals surface area (Å²) >= 11 is 12.7. The smallest absolute Gasteiger partial charge is 0.407 e. The van der Waals surface area contributed by atoms with Gasteiger partial charge in [-0.15, -0.1) is 0 Å². The molecule has 1 aliphatic rings. The molecule has 38 heavy (non-hydrogen) atoms. The Hall–Kier alpha value is -3.27. The summed E-state index contributed by atoms with van der Waals surface area (Å²) in [6.07, 6.45) is 1.45. The lowest BCUT2D eigenvalue weighted by atomic mass is 10.1. The van der Waals surface area contributed by atoms with Crippen LogP contribution in [0.25, 0.3) is 16.9 Å². The molecule has 1 saturated heterocycles. The zero-order valence-corrected chi connectivity index (χ0v) is 23.1. The van der Waals surface area contributed by atoms with Gasteiger partial charge in [-0.1, -0.05) is 47.5 Å². The van der Waals surface area contributed by atoms with E-state index < -0.39 is 17.6 Å². The average Bonchev–Trinajstić information content (AvgIpc) is 3.49. The molecule has 0 radical (unpaired) electrons. The Labute approximate surface area is 232 Å². The number of ether oxygens (including phenoxy) is 2. The Bertz CT molecular complexity index is 1280. The van der Waals surface area contributed by atoms with Crippen molar-refractivity contribution >= 4 is 35.2 Å². The molecule has 2 heterocycles. The molecule has 11 heteroatoms. The fourth-order valence-corrected chi connectivity index (χ4v) is 4.34. The zero-order valence-electron chi connectivity index (χ0n) is 21.6.